The minimum absolute atomic E-state index is 0.0521. The molecule has 0 aliphatic carbocycles. The standard InChI is InChI=1S/C25H20N4O6/c1-33-19-8-5-9-20(34-2)22(19)18-12-16(25(32)35-3)27-29(18)17-11-10-15-21-13(17)6-4-7-14(21)23(30)28(26)24(15)31/h4-12H,26H2,1-3H3. The van der Waals surface area contributed by atoms with E-state index in [-0.39, 0.29) is 5.69 Å². The number of methoxy groups -OCH3 is 3. The molecular formula is C25H20N4O6. The molecule has 0 saturated heterocycles. The Kier molecular flexibility index (Phi) is 5.22. The molecule has 0 unspecified atom stereocenters. The molecule has 10 heteroatoms. The highest BCUT2D eigenvalue weighted by atomic mass is 16.5. The van der Waals surface area contributed by atoms with Crippen LogP contribution >= 0.6 is 0 Å². The minimum Gasteiger partial charge on any atom is -0.496 e. The number of carbonyl (C=O) groups excluding carboxylic acids is 3. The second-order valence-corrected chi connectivity index (χ2v) is 7.70. The Hall–Kier alpha value is -4.70. The summed E-state index contributed by atoms with van der Waals surface area (Å²) in [6.07, 6.45) is 0. The monoisotopic (exact) mass is 472 g/mol. The van der Waals surface area contributed by atoms with E-state index < -0.39 is 17.8 Å². The third-order valence-electron chi connectivity index (χ3n) is 5.93. The van der Waals surface area contributed by atoms with Gasteiger partial charge in [-0.2, -0.15) is 5.10 Å². The van der Waals surface area contributed by atoms with Gasteiger partial charge in [0.1, 0.15) is 11.5 Å². The number of imide groups is 1. The first-order chi connectivity index (χ1) is 16.9. The first-order valence-electron chi connectivity index (χ1n) is 10.5. The Labute approximate surface area is 199 Å². The molecule has 4 aromatic rings. The summed E-state index contributed by atoms with van der Waals surface area (Å²) in [5.41, 5.74) is 2.19. The van der Waals surface area contributed by atoms with Gasteiger partial charge in [0, 0.05) is 10.8 Å². The molecule has 10 nitrogen and oxygen atoms in total. The zero-order valence-corrected chi connectivity index (χ0v) is 19.1. The van der Waals surface area contributed by atoms with Gasteiger partial charge < -0.3 is 14.2 Å². The summed E-state index contributed by atoms with van der Waals surface area (Å²) in [7, 11) is 4.32. The molecular weight excluding hydrogens is 452 g/mol. The van der Waals surface area contributed by atoms with Crippen LogP contribution in [0.25, 0.3) is 27.7 Å². The smallest absolute Gasteiger partial charge is 0.358 e. The number of rotatable bonds is 5. The van der Waals surface area contributed by atoms with Crippen LogP contribution in [0, 0.1) is 0 Å². The lowest BCUT2D eigenvalue weighted by Gasteiger charge is -2.24. The molecule has 0 radical (unpaired) electrons. The van der Waals surface area contributed by atoms with Crippen LogP contribution in [0.3, 0.4) is 0 Å². The minimum atomic E-state index is -0.634. The fourth-order valence-corrected chi connectivity index (χ4v) is 4.34. The highest BCUT2D eigenvalue weighted by Gasteiger charge is 2.32. The number of amides is 2. The van der Waals surface area contributed by atoms with Crippen molar-refractivity contribution in [3.8, 4) is 28.4 Å². The predicted molar refractivity (Wildman–Crippen MR) is 126 cm³/mol. The normalized spacial score (nSPS) is 12.7. The molecule has 5 rings (SSSR count). The Bertz CT molecular complexity index is 1500. The summed E-state index contributed by atoms with van der Waals surface area (Å²) in [5, 5.41) is 6.14. The molecule has 2 heterocycles. The number of nitrogens with two attached hydrogens (primary N) is 1. The third kappa shape index (κ3) is 3.22. The van der Waals surface area contributed by atoms with Gasteiger partial charge in [-0.25, -0.2) is 20.3 Å². The maximum absolute atomic E-state index is 12.7. The molecule has 0 fully saturated rings. The van der Waals surface area contributed by atoms with Gasteiger partial charge in [-0.1, -0.05) is 18.2 Å². The highest BCUT2D eigenvalue weighted by Crippen LogP contribution is 2.41. The summed E-state index contributed by atoms with van der Waals surface area (Å²) in [6, 6.07) is 15.2. The van der Waals surface area contributed by atoms with Crippen LogP contribution in [-0.4, -0.2) is 53.9 Å². The van der Waals surface area contributed by atoms with Gasteiger partial charge in [-0.3, -0.25) is 9.59 Å². The van der Waals surface area contributed by atoms with Gasteiger partial charge >= 0.3 is 5.97 Å². The van der Waals surface area contributed by atoms with Crippen LogP contribution in [0.4, 0.5) is 0 Å². The number of nitrogens with zero attached hydrogens (tertiary/aromatic N) is 3. The number of hydrogen-bond acceptors (Lipinski definition) is 8. The van der Waals surface area contributed by atoms with Crippen LogP contribution in [0.2, 0.25) is 0 Å². The Morgan fingerprint density at radius 1 is 0.886 bits per heavy atom. The topological polar surface area (TPSA) is 126 Å². The molecule has 176 valence electrons. The Morgan fingerprint density at radius 2 is 1.51 bits per heavy atom. The maximum Gasteiger partial charge on any atom is 0.358 e. The van der Waals surface area contributed by atoms with E-state index >= 15 is 0 Å². The molecule has 1 aliphatic rings. The predicted octanol–water partition coefficient (Wildman–Crippen LogP) is 2.97. The van der Waals surface area contributed by atoms with E-state index in [0.29, 0.717) is 55.4 Å². The summed E-state index contributed by atoms with van der Waals surface area (Å²) in [4.78, 5) is 37.9. The Morgan fingerprint density at radius 3 is 2.14 bits per heavy atom. The van der Waals surface area contributed by atoms with Gasteiger partial charge in [0.05, 0.1) is 49.4 Å². The number of carbonyl (C=O) groups is 3. The van der Waals surface area contributed by atoms with Crippen molar-refractivity contribution in [3.05, 3.63) is 71.4 Å². The fraction of sp³-hybridized carbons (Fsp3) is 0.120. The average molecular weight is 472 g/mol. The van der Waals surface area contributed by atoms with Crippen LogP contribution in [0.1, 0.15) is 31.2 Å². The van der Waals surface area contributed by atoms with Gasteiger partial charge in [0.2, 0.25) is 0 Å². The van der Waals surface area contributed by atoms with Crippen molar-refractivity contribution in [2.24, 2.45) is 5.84 Å². The fourth-order valence-electron chi connectivity index (χ4n) is 4.34. The van der Waals surface area contributed by atoms with E-state index in [9.17, 15) is 14.4 Å². The molecule has 2 N–H and O–H groups in total. The summed E-state index contributed by atoms with van der Waals surface area (Å²) in [6.45, 7) is 0. The summed E-state index contributed by atoms with van der Waals surface area (Å²) >= 11 is 0. The lowest BCUT2D eigenvalue weighted by molar-refractivity contribution is 0.0588. The van der Waals surface area contributed by atoms with Crippen molar-refractivity contribution < 1.29 is 28.6 Å². The molecule has 3 aromatic carbocycles. The molecule has 0 saturated carbocycles. The van der Waals surface area contributed by atoms with Crippen molar-refractivity contribution in [1.29, 1.82) is 0 Å². The van der Waals surface area contributed by atoms with Crippen molar-refractivity contribution in [1.82, 2.24) is 14.8 Å². The molecule has 2 amide bonds. The number of ether oxygens (including phenoxy) is 3. The summed E-state index contributed by atoms with van der Waals surface area (Å²) in [5.74, 6) is 4.86. The molecule has 0 spiro atoms. The molecule has 1 aliphatic heterocycles. The molecule has 0 bridgehead atoms. The van der Waals surface area contributed by atoms with E-state index in [4.69, 9.17) is 20.1 Å². The van der Waals surface area contributed by atoms with Gasteiger partial charge in [-0.15, -0.1) is 0 Å². The number of hydrazine groups is 1. The molecule has 1 aromatic heterocycles. The van der Waals surface area contributed by atoms with Crippen molar-refractivity contribution in [2.45, 2.75) is 0 Å². The molecule has 0 atom stereocenters. The SMILES string of the molecule is COC(=O)c1cc(-c2c(OC)cccc2OC)n(-c2ccc3c4c(cccc24)C(=O)N(N)C3=O)n1. The van der Waals surface area contributed by atoms with Gasteiger partial charge in [0.25, 0.3) is 11.8 Å². The molecule has 35 heavy (non-hydrogen) atoms. The second-order valence-electron chi connectivity index (χ2n) is 7.70. The van der Waals surface area contributed by atoms with Crippen LogP contribution < -0.4 is 15.3 Å². The second kappa shape index (κ2) is 8.26. The third-order valence-corrected chi connectivity index (χ3v) is 5.93. The van der Waals surface area contributed by atoms with E-state index in [0.717, 1.165) is 0 Å². The van der Waals surface area contributed by atoms with E-state index in [1.54, 1.807) is 59.3 Å². The quantitative estimate of drug-likeness (QED) is 0.203. The van der Waals surface area contributed by atoms with Crippen LogP contribution in [0.5, 0.6) is 11.5 Å². The summed E-state index contributed by atoms with van der Waals surface area (Å²) < 4.78 is 17.6. The van der Waals surface area contributed by atoms with Gasteiger partial charge in [0.15, 0.2) is 5.69 Å². The number of esters is 1. The van der Waals surface area contributed by atoms with Crippen molar-refractivity contribution >= 4 is 28.6 Å². The van der Waals surface area contributed by atoms with Crippen LogP contribution in [0.15, 0.2) is 54.6 Å². The number of hydrogen-bond donors (Lipinski definition) is 1. The zero-order valence-electron chi connectivity index (χ0n) is 19.1. The average Bonchev–Trinajstić information content (AvgIpc) is 3.33. The number of aromatic nitrogens is 2. The van der Waals surface area contributed by atoms with Crippen molar-refractivity contribution in [2.75, 3.05) is 21.3 Å². The Balaban J connectivity index is 1.86. The van der Waals surface area contributed by atoms with E-state index in [2.05, 4.69) is 5.10 Å². The zero-order chi connectivity index (χ0) is 24.9. The van der Waals surface area contributed by atoms with Gasteiger partial charge in [-0.05, 0) is 36.4 Å². The van der Waals surface area contributed by atoms with E-state index in [1.807, 2.05) is 0 Å². The maximum atomic E-state index is 12.7. The number of benzene rings is 3. The lowest BCUT2D eigenvalue weighted by atomic mass is 9.93. The lowest BCUT2D eigenvalue weighted by Crippen LogP contribution is -2.45. The van der Waals surface area contributed by atoms with Crippen LogP contribution in [-0.2, 0) is 4.74 Å². The first-order valence-corrected chi connectivity index (χ1v) is 10.5. The largest absolute Gasteiger partial charge is 0.496 e. The van der Waals surface area contributed by atoms with E-state index in [1.165, 1.54) is 21.3 Å². The first kappa shape index (κ1) is 22.1. The highest BCUT2D eigenvalue weighted by molar-refractivity contribution is 6.26. The van der Waals surface area contributed by atoms with Crippen molar-refractivity contribution in [3.63, 3.8) is 0 Å².